The SMILES string of the molecule is CCOC(=O)C(=[N+]=[N-])C(=O)CC(=O)C#C[Si](C)(C)C. The molecule has 0 N–H and O–H groups in total. The largest absolute Gasteiger partial charge is 0.457 e. The summed E-state index contributed by atoms with van der Waals surface area (Å²) in [5, 5.41) is 0. The fraction of sp³-hybridized carbons (Fsp3) is 0.500. The number of ether oxygens (including phenoxy) is 1. The topological polar surface area (TPSA) is 96.8 Å². The van der Waals surface area contributed by atoms with Crippen LogP contribution in [-0.2, 0) is 19.1 Å². The molecule has 0 saturated heterocycles. The number of hydrogen-bond acceptors (Lipinski definition) is 4. The first-order valence-electron chi connectivity index (χ1n) is 5.69. The van der Waals surface area contributed by atoms with Gasteiger partial charge in [-0.2, -0.15) is 4.79 Å². The summed E-state index contributed by atoms with van der Waals surface area (Å²) >= 11 is 0. The predicted octanol–water partition coefficient (Wildman–Crippen LogP) is 0.629. The molecule has 0 fully saturated rings. The van der Waals surface area contributed by atoms with E-state index in [1.165, 1.54) is 0 Å². The average Bonchev–Trinajstić information content (AvgIpc) is 2.26. The van der Waals surface area contributed by atoms with E-state index in [0.717, 1.165) is 0 Å². The van der Waals surface area contributed by atoms with Crippen molar-refractivity contribution in [3.05, 3.63) is 5.53 Å². The molecule has 0 atom stereocenters. The number of nitrogens with zero attached hydrogens (tertiary/aromatic N) is 2. The van der Waals surface area contributed by atoms with Crippen LogP contribution < -0.4 is 0 Å². The first-order valence-corrected chi connectivity index (χ1v) is 9.19. The lowest BCUT2D eigenvalue weighted by Crippen LogP contribution is -2.29. The van der Waals surface area contributed by atoms with Crippen molar-refractivity contribution < 1.29 is 23.9 Å². The van der Waals surface area contributed by atoms with Crippen molar-refractivity contribution in [3.63, 3.8) is 0 Å². The highest BCUT2D eigenvalue weighted by Gasteiger charge is 2.31. The van der Waals surface area contributed by atoms with Crippen LogP contribution in [0.1, 0.15) is 13.3 Å². The van der Waals surface area contributed by atoms with Crippen LogP contribution in [0, 0.1) is 11.5 Å². The molecule has 0 spiro atoms. The molecule has 0 aromatic carbocycles. The zero-order chi connectivity index (χ0) is 15.1. The number of Topliss-reactive ketones (excluding diaryl/α,β-unsaturated/α-hetero) is 2. The molecule has 0 aliphatic carbocycles. The number of hydrogen-bond donors (Lipinski definition) is 0. The summed E-state index contributed by atoms with van der Waals surface area (Å²) in [5.74, 6) is -0.208. The molecule has 0 aliphatic heterocycles. The van der Waals surface area contributed by atoms with E-state index in [9.17, 15) is 14.4 Å². The number of rotatable bonds is 5. The van der Waals surface area contributed by atoms with Crippen LogP contribution >= 0.6 is 0 Å². The Bertz CT molecular complexity index is 502. The summed E-state index contributed by atoms with van der Waals surface area (Å²) in [6.45, 7) is 7.44. The average molecular weight is 280 g/mol. The fourth-order valence-corrected chi connectivity index (χ4v) is 1.46. The zero-order valence-electron chi connectivity index (χ0n) is 11.4. The van der Waals surface area contributed by atoms with Gasteiger partial charge in [0.1, 0.15) is 8.07 Å². The standard InChI is InChI=1S/C12H16N2O4Si/c1-5-18-12(17)11(14-13)10(16)8-9(15)6-7-19(2,3)4/h5,8H2,1-4H3. The summed E-state index contributed by atoms with van der Waals surface area (Å²) in [5.41, 5.74) is 10.6. The Balaban J connectivity index is 4.77. The molecule has 7 heteroatoms. The lowest BCUT2D eigenvalue weighted by Gasteiger charge is -2.02. The van der Waals surface area contributed by atoms with Crippen LogP contribution in [0.3, 0.4) is 0 Å². The Labute approximate surface area is 112 Å². The van der Waals surface area contributed by atoms with E-state index in [4.69, 9.17) is 5.53 Å². The highest BCUT2D eigenvalue weighted by Crippen LogP contribution is 1.97. The molecule has 0 amide bonds. The van der Waals surface area contributed by atoms with Gasteiger partial charge in [-0.15, -0.1) is 5.54 Å². The molecule has 0 aliphatic rings. The maximum atomic E-state index is 11.6. The minimum absolute atomic E-state index is 0.0362. The first kappa shape index (κ1) is 17.0. The van der Waals surface area contributed by atoms with Crippen molar-refractivity contribution in [1.29, 1.82) is 0 Å². The first-order chi connectivity index (χ1) is 8.71. The Morgan fingerprint density at radius 3 is 2.26 bits per heavy atom. The lowest BCUT2D eigenvalue weighted by atomic mass is 10.1. The predicted molar refractivity (Wildman–Crippen MR) is 71.0 cm³/mol. The third-order valence-electron chi connectivity index (χ3n) is 1.73. The van der Waals surface area contributed by atoms with E-state index >= 15 is 0 Å². The van der Waals surface area contributed by atoms with Crippen LogP contribution in [0.5, 0.6) is 0 Å². The monoisotopic (exact) mass is 280 g/mol. The third kappa shape index (κ3) is 7.09. The van der Waals surface area contributed by atoms with Gasteiger partial charge in [0.15, 0.2) is 0 Å². The quantitative estimate of drug-likeness (QED) is 0.140. The molecule has 0 saturated carbocycles. The van der Waals surface area contributed by atoms with Gasteiger partial charge in [0.25, 0.3) is 5.78 Å². The molecule has 0 unspecified atom stereocenters. The molecule has 0 heterocycles. The van der Waals surface area contributed by atoms with Gasteiger partial charge in [0.05, 0.1) is 13.0 Å². The van der Waals surface area contributed by atoms with Crippen molar-refractivity contribution >= 4 is 31.3 Å². The van der Waals surface area contributed by atoms with Crippen LogP contribution in [0.2, 0.25) is 19.6 Å². The maximum absolute atomic E-state index is 11.6. The van der Waals surface area contributed by atoms with Gasteiger partial charge in [-0.25, -0.2) is 4.79 Å². The van der Waals surface area contributed by atoms with E-state index in [-0.39, 0.29) is 6.61 Å². The molecule has 19 heavy (non-hydrogen) atoms. The van der Waals surface area contributed by atoms with E-state index in [1.807, 2.05) is 19.6 Å². The number of ketones is 2. The van der Waals surface area contributed by atoms with Crippen LogP contribution in [0.25, 0.3) is 5.53 Å². The summed E-state index contributed by atoms with van der Waals surface area (Å²) in [7, 11) is -1.71. The molecule has 0 radical (unpaired) electrons. The Morgan fingerprint density at radius 1 is 1.26 bits per heavy atom. The zero-order valence-corrected chi connectivity index (χ0v) is 12.4. The highest BCUT2D eigenvalue weighted by atomic mass is 28.3. The molecule has 0 bridgehead atoms. The second kappa shape index (κ2) is 7.41. The van der Waals surface area contributed by atoms with Gasteiger partial charge in [-0.1, -0.05) is 19.6 Å². The Morgan fingerprint density at radius 2 is 1.84 bits per heavy atom. The van der Waals surface area contributed by atoms with Crippen LogP contribution in [0.4, 0.5) is 0 Å². The van der Waals surface area contributed by atoms with E-state index in [0.29, 0.717) is 0 Å². The minimum atomic E-state index is -1.71. The van der Waals surface area contributed by atoms with Crippen molar-refractivity contribution in [1.82, 2.24) is 0 Å². The molecule has 6 nitrogen and oxygen atoms in total. The van der Waals surface area contributed by atoms with Gasteiger partial charge in [0.2, 0.25) is 5.78 Å². The van der Waals surface area contributed by atoms with E-state index in [1.54, 1.807) is 6.92 Å². The maximum Gasteiger partial charge on any atom is 0.441 e. The smallest absolute Gasteiger partial charge is 0.441 e. The third-order valence-corrected chi connectivity index (χ3v) is 2.61. The summed E-state index contributed by atoms with van der Waals surface area (Å²) in [6.07, 6.45) is -0.602. The summed E-state index contributed by atoms with van der Waals surface area (Å²) in [4.78, 5) is 36.8. The number of carbonyl (C=O) groups excluding carboxylic acids is 3. The summed E-state index contributed by atoms with van der Waals surface area (Å²) in [6, 6.07) is 0. The Kier molecular flexibility index (Phi) is 6.62. The van der Waals surface area contributed by atoms with Crippen molar-refractivity contribution in [2.24, 2.45) is 0 Å². The molecule has 102 valence electrons. The van der Waals surface area contributed by atoms with Crippen molar-refractivity contribution in [2.45, 2.75) is 33.0 Å². The molecule has 0 rings (SSSR count). The van der Waals surface area contributed by atoms with E-state index < -0.39 is 37.7 Å². The van der Waals surface area contributed by atoms with E-state index in [2.05, 4.69) is 21.0 Å². The normalized spacial score (nSPS) is 9.68. The summed E-state index contributed by atoms with van der Waals surface area (Å²) < 4.78 is 4.52. The van der Waals surface area contributed by atoms with Crippen molar-refractivity contribution in [3.8, 4) is 11.5 Å². The number of esters is 1. The fourth-order valence-electron chi connectivity index (χ4n) is 0.941. The van der Waals surface area contributed by atoms with Gasteiger partial charge in [0, 0.05) is 0 Å². The van der Waals surface area contributed by atoms with Gasteiger partial charge < -0.3 is 10.3 Å². The van der Waals surface area contributed by atoms with Crippen LogP contribution in [-0.4, -0.2) is 42.7 Å². The van der Waals surface area contributed by atoms with Crippen molar-refractivity contribution in [2.75, 3.05) is 6.61 Å². The molecular weight excluding hydrogens is 264 g/mol. The molecular formula is C12H16N2O4Si. The Hall–Kier alpha value is -2.03. The second-order valence-corrected chi connectivity index (χ2v) is 9.44. The lowest BCUT2D eigenvalue weighted by molar-refractivity contribution is -0.141. The van der Waals surface area contributed by atoms with Crippen LogP contribution in [0.15, 0.2) is 0 Å². The molecule has 0 aromatic heterocycles. The highest BCUT2D eigenvalue weighted by molar-refractivity contribution is 6.84. The molecule has 0 aromatic rings. The second-order valence-electron chi connectivity index (χ2n) is 4.69. The number of carbonyl (C=O) groups is 3. The van der Waals surface area contributed by atoms with Gasteiger partial charge in [-0.3, -0.25) is 9.59 Å². The minimum Gasteiger partial charge on any atom is -0.457 e. The van der Waals surface area contributed by atoms with Gasteiger partial charge in [-0.05, 0) is 12.8 Å². The van der Waals surface area contributed by atoms with Gasteiger partial charge >= 0.3 is 11.7 Å².